The van der Waals surface area contributed by atoms with Crippen LogP contribution in [0.5, 0.6) is 0 Å². The maximum Gasteiger partial charge on any atom is 0.205 e. The number of aryl methyl sites for hydroxylation is 1. The second-order valence-electron chi connectivity index (χ2n) is 10.8. The van der Waals surface area contributed by atoms with Gasteiger partial charge in [-0.25, -0.2) is 18.6 Å². The summed E-state index contributed by atoms with van der Waals surface area (Å²) in [6, 6.07) is 15.2. The molecule has 2 rings (SSSR count). The Kier molecular flexibility index (Phi) is 20.5. The molecule has 40 heavy (non-hydrogen) atoms. The number of nitrogens with zero attached hydrogens (tertiary/aromatic N) is 2. The number of aromatic nitrogens is 1. The predicted octanol–water partition coefficient (Wildman–Crippen LogP) is 4.72. The fourth-order valence-electron chi connectivity index (χ4n) is 4.74. The summed E-state index contributed by atoms with van der Waals surface area (Å²) in [6.07, 6.45) is 29.4. The van der Waals surface area contributed by atoms with Gasteiger partial charge in [-0.05, 0) is 36.3 Å². The highest BCUT2D eigenvalue weighted by molar-refractivity contribution is 5.68. The van der Waals surface area contributed by atoms with E-state index >= 15 is 0 Å². The Morgan fingerprint density at radius 2 is 1.07 bits per heavy atom. The fourth-order valence-corrected chi connectivity index (χ4v) is 4.74. The van der Waals surface area contributed by atoms with Crippen LogP contribution >= 0.6 is 0 Å². The van der Waals surface area contributed by atoms with Crippen molar-refractivity contribution in [3.8, 4) is 0 Å². The number of anilines is 1. The highest BCUT2D eigenvalue weighted by Crippen LogP contribution is 2.15. The number of unbranched alkanes of at least 4 members (excludes halogenated alkanes) is 15. The molecule has 6 nitrogen and oxygen atoms in total. The molecule has 0 radical (unpaired) electrons. The van der Waals surface area contributed by atoms with Gasteiger partial charge in [-0.3, -0.25) is 0 Å². The number of benzene rings is 1. The van der Waals surface area contributed by atoms with Gasteiger partial charge in [0, 0.05) is 44.4 Å². The van der Waals surface area contributed by atoms with Crippen LogP contribution in [0.3, 0.4) is 0 Å². The second kappa shape index (κ2) is 22.7. The molecule has 0 bridgehead atoms. The summed E-state index contributed by atoms with van der Waals surface area (Å²) in [5.74, 6) is 0. The number of hydrogen-bond acceptors (Lipinski definition) is 5. The standard InChI is InChI=1S/C33H53N2.ClHO4/c1-4-5-6-7-8-9-10-11-12-13-14-15-16-17-18-20-29-35-30-21-19-22-33(35)28-25-31-23-26-32(27-24-31)34(2)3;2-1(3,4)5/h19,21-28,30H,4-18,20,29H2,1-3H3;(H,2,3,4,5)/q+1;/p-1. The fraction of sp³-hybridized carbons (Fsp3) is 0.606. The third-order valence-electron chi connectivity index (χ3n) is 7.08. The molecule has 0 aliphatic carbocycles. The largest absolute Gasteiger partial charge is 0.378 e. The van der Waals surface area contributed by atoms with E-state index in [1.165, 1.54) is 120 Å². The zero-order valence-corrected chi connectivity index (χ0v) is 26.0. The lowest BCUT2D eigenvalue weighted by atomic mass is 10.0. The smallest absolute Gasteiger partial charge is 0.205 e. The van der Waals surface area contributed by atoms with Gasteiger partial charge in [0.25, 0.3) is 0 Å². The molecule has 1 aromatic heterocycles. The number of rotatable bonds is 20. The van der Waals surface area contributed by atoms with Crippen LogP contribution in [0.25, 0.3) is 12.2 Å². The molecule has 1 aromatic carbocycles. The molecule has 0 spiro atoms. The molecule has 0 saturated heterocycles. The summed E-state index contributed by atoms with van der Waals surface area (Å²) in [5.41, 5.74) is 3.76. The quantitative estimate of drug-likeness (QED) is 0.168. The first-order valence-electron chi connectivity index (χ1n) is 15.3. The van der Waals surface area contributed by atoms with Crippen molar-refractivity contribution in [1.82, 2.24) is 0 Å². The van der Waals surface area contributed by atoms with Crippen molar-refractivity contribution in [1.29, 1.82) is 0 Å². The molecular weight excluding hydrogens is 524 g/mol. The highest BCUT2D eigenvalue weighted by Gasteiger charge is 2.06. The topological polar surface area (TPSA) is 99.4 Å². The van der Waals surface area contributed by atoms with E-state index in [0.717, 1.165) is 6.54 Å². The van der Waals surface area contributed by atoms with Crippen molar-refractivity contribution in [2.75, 3.05) is 19.0 Å². The first-order chi connectivity index (χ1) is 19.2. The van der Waals surface area contributed by atoms with Gasteiger partial charge in [0.2, 0.25) is 5.69 Å². The van der Waals surface area contributed by atoms with E-state index in [4.69, 9.17) is 18.6 Å². The molecule has 0 amide bonds. The first kappa shape index (κ1) is 36.1. The van der Waals surface area contributed by atoms with E-state index < -0.39 is 10.2 Å². The minimum Gasteiger partial charge on any atom is -0.378 e. The van der Waals surface area contributed by atoms with Gasteiger partial charge in [-0.1, -0.05) is 109 Å². The van der Waals surface area contributed by atoms with Gasteiger partial charge in [0.15, 0.2) is 6.20 Å². The first-order valence-corrected chi connectivity index (χ1v) is 16.5. The van der Waals surface area contributed by atoms with E-state index in [1.54, 1.807) is 0 Å². The molecule has 0 N–H and O–H groups in total. The van der Waals surface area contributed by atoms with E-state index in [0.29, 0.717) is 0 Å². The van der Waals surface area contributed by atoms with Crippen LogP contribution in [0, 0.1) is 10.2 Å². The lowest BCUT2D eigenvalue weighted by molar-refractivity contribution is -2.00. The zero-order chi connectivity index (χ0) is 29.5. The average Bonchev–Trinajstić information content (AvgIpc) is 2.91. The predicted molar refractivity (Wildman–Crippen MR) is 156 cm³/mol. The SMILES string of the molecule is CCCCCCCCCCCCCCCCCC[n+]1ccccc1C=Cc1ccc(N(C)C)cc1.[O-][Cl+3]([O-])([O-])[O-]. The Bertz CT molecular complexity index is 892. The highest BCUT2D eigenvalue weighted by atomic mass is 35.7. The number of hydrogen-bond donors (Lipinski definition) is 0. The maximum atomic E-state index is 8.49. The number of halogens is 1. The van der Waals surface area contributed by atoms with Crippen LogP contribution in [-0.4, -0.2) is 14.1 Å². The van der Waals surface area contributed by atoms with Crippen molar-refractivity contribution in [3.05, 3.63) is 59.9 Å². The monoisotopic (exact) mass is 576 g/mol. The third kappa shape index (κ3) is 20.9. The van der Waals surface area contributed by atoms with Crippen LogP contribution in [-0.2, 0) is 6.54 Å². The lowest BCUT2D eigenvalue weighted by Gasteiger charge is -2.17. The molecule has 7 heteroatoms. The van der Waals surface area contributed by atoms with Gasteiger partial charge >= 0.3 is 0 Å². The van der Waals surface area contributed by atoms with E-state index in [-0.39, 0.29) is 0 Å². The normalized spacial score (nSPS) is 11.5. The molecule has 0 atom stereocenters. The minimum atomic E-state index is -4.94. The summed E-state index contributed by atoms with van der Waals surface area (Å²) in [5, 5.41) is 0. The van der Waals surface area contributed by atoms with Crippen molar-refractivity contribution < 1.29 is 33.4 Å². The van der Waals surface area contributed by atoms with Crippen LogP contribution < -0.4 is 28.1 Å². The Hall–Kier alpha value is -1.96. The van der Waals surface area contributed by atoms with E-state index in [2.05, 4.69) is 91.3 Å². The van der Waals surface area contributed by atoms with E-state index in [1.807, 2.05) is 0 Å². The molecule has 0 fully saturated rings. The van der Waals surface area contributed by atoms with Gasteiger partial charge in [-0.15, -0.1) is 10.2 Å². The molecule has 2 aromatic rings. The summed E-state index contributed by atoms with van der Waals surface area (Å²) < 4.78 is 36.4. The van der Waals surface area contributed by atoms with Gasteiger partial charge in [-0.2, -0.15) is 4.57 Å². The third-order valence-corrected chi connectivity index (χ3v) is 7.08. The van der Waals surface area contributed by atoms with Crippen LogP contribution in [0.1, 0.15) is 121 Å². The molecule has 0 unspecified atom stereocenters. The van der Waals surface area contributed by atoms with Gasteiger partial charge in [0.05, 0.1) is 0 Å². The van der Waals surface area contributed by atoms with Crippen molar-refractivity contribution in [2.45, 2.75) is 116 Å². The Balaban J connectivity index is 0.00000146. The average molecular weight is 577 g/mol. The Morgan fingerprint density at radius 1 is 0.625 bits per heavy atom. The van der Waals surface area contributed by atoms with Crippen LogP contribution in [0.15, 0.2) is 48.7 Å². The minimum absolute atomic E-state index is 1.11. The number of pyridine rings is 1. The summed E-state index contributed by atoms with van der Waals surface area (Å²) in [7, 11) is -0.785. The second-order valence-corrected chi connectivity index (χ2v) is 11.6. The zero-order valence-electron chi connectivity index (χ0n) is 25.2. The van der Waals surface area contributed by atoms with Gasteiger partial charge < -0.3 is 4.90 Å². The molecule has 0 aliphatic rings. The van der Waals surface area contributed by atoms with Gasteiger partial charge in [0.1, 0.15) is 6.54 Å². The Labute approximate surface area is 246 Å². The molecule has 0 aliphatic heterocycles. The van der Waals surface area contributed by atoms with Crippen LogP contribution in [0.2, 0.25) is 0 Å². The Morgan fingerprint density at radius 3 is 1.52 bits per heavy atom. The molecule has 1 heterocycles. The van der Waals surface area contributed by atoms with Crippen LogP contribution in [0.4, 0.5) is 5.69 Å². The van der Waals surface area contributed by atoms with E-state index in [9.17, 15) is 0 Å². The van der Waals surface area contributed by atoms with Crippen molar-refractivity contribution in [3.63, 3.8) is 0 Å². The molecule has 0 saturated carbocycles. The summed E-state index contributed by atoms with van der Waals surface area (Å²) in [4.78, 5) is 2.14. The molecule has 226 valence electrons. The maximum absolute atomic E-state index is 8.49. The summed E-state index contributed by atoms with van der Waals surface area (Å²) >= 11 is 0. The lowest BCUT2D eigenvalue weighted by Crippen LogP contribution is -2.68. The van der Waals surface area contributed by atoms with Crippen molar-refractivity contribution in [2.24, 2.45) is 0 Å². The summed E-state index contributed by atoms with van der Waals surface area (Å²) in [6.45, 7) is 3.41. The van der Waals surface area contributed by atoms with Crippen molar-refractivity contribution >= 4 is 17.8 Å². The molecular formula is C33H53ClN2O4.